The molecule has 0 unspecified atom stereocenters. The van der Waals surface area contributed by atoms with Crippen molar-refractivity contribution in [1.82, 2.24) is 30.8 Å². The molecule has 0 fully saturated rings. The Balaban J connectivity index is 1.13. The number of anilines is 2. The van der Waals surface area contributed by atoms with Crippen LogP contribution in [0.4, 0.5) is 11.4 Å². The van der Waals surface area contributed by atoms with Gasteiger partial charge in [0.1, 0.15) is 33.8 Å². The molecule has 5 aromatic rings. The first-order valence-electron chi connectivity index (χ1n) is 14.1. The summed E-state index contributed by atoms with van der Waals surface area (Å²) in [6, 6.07) is 21.6. The molecule has 238 valence electrons. The summed E-state index contributed by atoms with van der Waals surface area (Å²) in [7, 11) is 0. The summed E-state index contributed by atoms with van der Waals surface area (Å²) in [6.45, 7) is 3.23. The van der Waals surface area contributed by atoms with Crippen LogP contribution in [0, 0.1) is 0 Å². The highest BCUT2D eigenvalue weighted by Crippen LogP contribution is 2.26. The average molecular weight is 674 g/mol. The Morgan fingerprint density at radius 1 is 0.596 bits per heavy atom. The first-order chi connectivity index (χ1) is 22.5. The fourth-order valence-corrected chi connectivity index (χ4v) is 4.47. The summed E-state index contributed by atoms with van der Waals surface area (Å²) >= 11 is 11.6. The maximum absolute atomic E-state index is 12.5. The maximum Gasteiger partial charge on any atom is 0.276 e. The van der Waals surface area contributed by atoms with Crippen LogP contribution in [0.3, 0.4) is 0 Å². The quantitative estimate of drug-likeness (QED) is 0.146. The van der Waals surface area contributed by atoms with E-state index in [1.807, 2.05) is 0 Å². The number of nitrogens with one attached hydrogen (secondary N) is 4. The van der Waals surface area contributed by atoms with Gasteiger partial charge >= 0.3 is 0 Å². The van der Waals surface area contributed by atoms with Gasteiger partial charge in [0.15, 0.2) is 0 Å². The number of halogens is 2. The average Bonchev–Trinajstić information content (AvgIpc) is 3.56. The predicted molar refractivity (Wildman–Crippen MR) is 175 cm³/mol. The van der Waals surface area contributed by atoms with E-state index in [4.69, 9.17) is 27.6 Å². The number of pyridine rings is 2. The van der Waals surface area contributed by atoms with Crippen LogP contribution in [-0.2, 0) is 9.59 Å². The van der Waals surface area contributed by atoms with Crippen LogP contribution in [0.2, 0.25) is 10.3 Å². The third-order valence-corrected chi connectivity index (χ3v) is 7.03. The molecule has 5 rings (SSSR count). The van der Waals surface area contributed by atoms with Gasteiger partial charge in [-0.05, 0) is 86.6 Å². The lowest BCUT2D eigenvalue weighted by molar-refractivity contribution is -0.121. The highest BCUT2D eigenvalue weighted by atomic mass is 35.5. The summed E-state index contributed by atoms with van der Waals surface area (Å²) in [6.07, 6.45) is 0. The first-order valence-corrected chi connectivity index (χ1v) is 14.8. The molecular weight excluding hydrogens is 647 g/mol. The molecule has 0 aliphatic heterocycles. The Morgan fingerprint density at radius 3 is 1.34 bits per heavy atom. The third-order valence-electron chi connectivity index (χ3n) is 6.61. The molecule has 47 heavy (non-hydrogen) atoms. The second kappa shape index (κ2) is 14.6. The molecule has 2 atom stereocenters. The molecule has 13 nitrogen and oxygen atoms in total. The Kier molecular flexibility index (Phi) is 10.2. The smallest absolute Gasteiger partial charge is 0.276 e. The number of carbonyl (C=O) groups excluding carboxylic acids is 4. The van der Waals surface area contributed by atoms with E-state index in [2.05, 4.69) is 41.4 Å². The number of hydrogen-bond acceptors (Lipinski definition) is 11. The molecule has 2 aromatic carbocycles. The number of amides is 4. The lowest BCUT2D eigenvalue weighted by atomic mass is 10.2. The minimum atomic E-state index is -0.734. The number of imide groups is 2. The zero-order valence-corrected chi connectivity index (χ0v) is 26.3. The largest absolute Gasteiger partial charge is 0.416 e. The summed E-state index contributed by atoms with van der Waals surface area (Å²) in [4.78, 5) is 57.4. The van der Waals surface area contributed by atoms with E-state index in [0.717, 1.165) is 0 Å². The second-order valence-corrected chi connectivity index (χ2v) is 10.9. The first kappa shape index (κ1) is 32.7. The number of nitrogens with zero attached hydrogens (tertiary/aromatic N) is 4. The lowest BCUT2D eigenvalue weighted by Gasteiger charge is -2.15. The van der Waals surface area contributed by atoms with Crippen molar-refractivity contribution in [2.45, 2.75) is 25.9 Å². The molecule has 0 spiro atoms. The molecule has 0 radical (unpaired) electrons. The monoisotopic (exact) mass is 672 g/mol. The van der Waals surface area contributed by atoms with Gasteiger partial charge in [0.05, 0.1) is 0 Å². The van der Waals surface area contributed by atoms with Crippen molar-refractivity contribution in [2.75, 3.05) is 10.6 Å². The predicted octanol–water partition coefficient (Wildman–Crippen LogP) is 5.01. The van der Waals surface area contributed by atoms with Crippen molar-refractivity contribution in [3.05, 3.63) is 107 Å². The number of hydrogen-bond donors (Lipinski definition) is 4. The van der Waals surface area contributed by atoms with Crippen molar-refractivity contribution >= 4 is 58.2 Å². The Hall–Kier alpha value is -5.66. The third kappa shape index (κ3) is 8.54. The van der Waals surface area contributed by atoms with Crippen molar-refractivity contribution < 1.29 is 23.6 Å². The number of carbonyl (C=O) groups is 4. The summed E-state index contributed by atoms with van der Waals surface area (Å²) in [5, 5.41) is 19.2. The Labute approximate surface area is 278 Å². The van der Waals surface area contributed by atoms with Crippen molar-refractivity contribution in [2.24, 2.45) is 0 Å². The molecule has 0 aliphatic rings. The zero-order chi connectivity index (χ0) is 33.5. The molecule has 15 heteroatoms. The summed E-state index contributed by atoms with van der Waals surface area (Å²) < 4.78 is 5.87. The molecule has 0 saturated carbocycles. The highest BCUT2D eigenvalue weighted by Gasteiger charge is 2.20. The minimum absolute atomic E-state index is 0.0336. The molecular formula is C32H26Cl2N8O5. The van der Waals surface area contributed by atoms with Gasteiger partial charge in [-0.3, -0.25) is 29.8 Å². The molecule has 0 bridgehead atoms. The van der Waals surface area contributed by atoms with E-state index in [-0.39, 0.29) is 33.5 Å². The Morgan fingerprint density at radius 2 is 0.979 bits per heavy atom. The standard InChI is InChI=1S/C32H26Cl2N8O5/c1-17(27(43)39-29(45)23-5-3-7-25(33)37-23)35-21-13-9-19(10-14-21)31-41-42-32(47-31)20-11-15-22(16-12-20)36-18(2)28(44)40-30(46)24-6-4-8-26(34)38-24/h3-18,35-36H,1-2H3,(H,39,43,45)(H,40,44,46)/t17-,18-/m0/s1. The minimum Gasteiger partial charge on any atom is -0.416 e. The topological polar surface area (TPSA) is 181 Å². The van der Waals surface area contributed by atoms with Gasteiger partial charge in [-0.15, -0.1) is 10.2 Å². The van der Waals surface area contributed by atoms with Gasteiger partial charge < -0.3 is 15.1 Å². The fraction of sp³-hybridized carbons (Fsp3) is 0.125. The number of aromatic nitrogens is 4. The second-order valence-electron chi connectivity index (χ2n) is 10.1. The molecule has 4 N–H and O–H groups in total. The summed E-state index contributed by atoms with van der Waals surface area (Å²) in [5.74, 6) is -1.83. The fourth-order valence-electron chi connectivity index (χ4n) is 4.14. The van der Waals surface area contributed by atoms with Gasteiger partial charge in [-0.25, -0.2) is 9.97 Å². The van der Waals surface area contributed by atoms with E-state index in [1.165, 1.54) is 24.3 Å². The van der Waals surface area contributed by atoms with Crippen LogP contribution in [0.25, 0.3) is 22.9 Å². The van der Waals surface area contributed by atoms with Crippen LogP contribution in [0.15, 0.2) is 89.3 Å². The van der Waals surface area contributed by atoms with Gasteiger partial charge in [0.25, 0.3) is 11.8 Å². The van der Waals surface area contributed by atoms with Gasteiger partial charge in [-0.1, -0.05) is 35.3 Å². The maximum atomic E-state index is 12.5. The zero-order valence-electron chi connectivity index (χ0n) is 24.8. The van der Waals surface area contributed by atoms with Gasteiger partial charge in [0.2, 0.25) is 23.6 Å². The van der Waals surface area contributed by atoms with Crippen LogP contribution >= 0.6 is 23.2 Å². The van der Waals surface area contributed by atoms with Crippen LogP contribution in [0.5, 0.6) is 0 Å². The molecule has 3 heterocycles. The van der Waals surface area contributed by atoms with Crippen molar-refractivity contribution in [1.29, 1.82) is 0 Å². The van der Waals surface area contributed by atoms with E-state index >= 15 is 0 Å². The highest BCUT2D eigenvalue weighted by molar-refractivity contribution is 6.30. The van der Waals surface area contributed by atoms with Crippen LogP contribution < -0.4 is 21.3 Å². The molecule has 0 saturated heterocycles. The number of rotatable bonds is 10. The lowest BCUT2D eigenvalue weighted by Crippen LogP contribution is -2.41. The Bertz CT molecular complexity index is 1800. The van der Waals surface area contributed by atoms with Gasteiger partial charge in [0, 0.05) is 22.5 Å². The van der Waals surface area contributed by atoms with E-state index in [0.29, 0.717) is 22.5 Å². The summed E-state index contributed by atoms with van der Waals surface area (Å²) in [5.41, 5.74) is 2.61. The van der Waals surface area contributed by atoms with Gasteiger partial charge in [-0.2, -0.15) is 0 Å². The number of benzene rings is 2. The molecule has 4 amide bonds. The van der Waals surface area contributed by atoms with Crippen molar-refractivity contribution in [3.8, 4) is 22.9 Å². The van der Waals surface area contributed by atoms with Crippen LogP contribution in [0.1, 0.15) is 34.8 Å². The van der Waals surface area contributed by atoms with E-state index in [1.54, 1.807) is 74.5 Å². The van der Waals surface area contributed by atoms with Crippen molar-refractivity contribution in [3.63, 3.8) is 0 Å². The van der Waals surface area contributed by atoms with E-state index < -0.39 is 35.7 Å². The normalized spacial score (nSPS) is 12.0. The SMILES string of the molecule is C[C@H](Nc1ccc(-c2nnc(-c3ccc(N[C@@H](C)C(=O)NC(=O)c4cccc(Cl)n4)cc3)o2)cc1)C(=O)NC(=O)c1cccc(Cl)n1. The molecule has 3 aromatic heterocycles. The van der Waals surface area contributed by atoms with E-state index in [9.17, 15) is 19.2 Å². The van der Waals surface area contributed by atoms with Crippen LogP contribution in [-0.4, -0.2) is 55.9 Å². The molecule has 0 aliphatic carbocycles.